The number of alkyl halides is 1. The smallest absolute Gasteiger partial charge is 0.0726 e. The predicted octanol–water partition coefficient (Wildman–Crippen LogP) is 1.48. The van der Waals surface area contributed by atoms with Gasteiger partial charge in [0.05, 0.1) is 38.2 Å². The molecule has 0 aromatic carbocycles. The average Bonchev–Trinajstić information content (AvgIpc) is 2.78. The van der Waals surface area contributed by atoms with E-state index in [1.165, 1.54) is 6.42 Å². The van der Waals surface area contributed by atoms with Crippen molar-refractivity contribution in [2.45, 2.75) is 19.4 Å². The van der Waals surface area contributed by atoms with Crippen LogP contribution in [0.3, 0.4) is 0 Å². The first kappa shape index (κ1) is 14.5. The van der Waals surface area contributed by atoms with Gasteiger partial charge in [-0.3, -0.25) is 4.68 Å². The Labute approximate surface area is 110 Å². The van der Waals surface area contributed by atoms with Crippen LogP contribution in [0.4, 0.5) is 5.69 Å². The summed E-state index contributed by atoms with van der Waals surface area (Å²) in [5.41, 5.74) is 1.04. The van der Waals surface area contributed by atoms with E-state index in [0.717, 1.165) is 24.0 Å². The summed E-state index contributed by atoms with van der Waals surface area (Å²) in [5, 5.41) is 17.1. The van der Waals surface area contributed by atoms with Gasteiger partial charge in [-0.2, -0.15) is 5.10 Å². The van der Waals surface area contributed by atoms with Crippen molar-refractivity contribution in [2.75, 3.05) is 37.0 Å². The van der Waals surface area contributed by atoms with E-state index in [1.807, 2.05) is 17.1 Å². The normalized spacial score (nSPS) is 10.7. The minimum Gasteiger partial charge on any atom is -0.394 e. The van der Waals surface area contributed by atoms with Crippen molar-refractivity contribution in [3.05, 3.63) is 12.4 Å². The maximum atomic E-state index is 8.55. The van der Waals surface area contributed by atoms with E-state index in [0.29, 0.717) is 19.8 Å². The van der Waals surface area contributed by atoms with E-state index >= 15 is 0 Å². The largest absolute Gasteiger partial charge is 0.394 e. The second-order valence-electron chi connectivity index (χ2n) is 3.65. The van der Waals surface area contributed by atoms with Crippen molar-refractivity contribution in [3.8, 4) is 0 Å². The van der Waals surface area contributed by atoms with Crippen LogP contribution in [0.15, 0.2) is 12.4 Å². The van der Waals surface area contributed by atoms with Gasteiger partial charge in [0.2, 0.25) is 0 Å². The van der Waals surface area contributed by atoms with E-state index in [1.54, 1.807) is 0 Å². The lowest BCUT2D eigenvalue weighted by Crippen LogP contribution is -2.08. The minimum absolute atomic E-state index is 0.0689. The van der Waals surface area contributed by atoms with Gasteiger partial charge >= 0.3 is 0 Å². The molecule has 5 nitrogen and oxygen atoms in total. The summed E-state index contributed by atoms with van der Waals surface area (Å²) in [6, 6.07) is 0. The molecule has 0 fully saturated rings. The van der Waals surface area contributed by atoms with E-state index in [4.69, 9.17) is 9.84 Å². The summed E-state index contributed by atoms with van der Waals surface area (Å²) in [5.74, 6) is 0. The Morgan fingerprint density at radius 1 is 1.41 bits per heavy atom. The first-order valence-electron chi connectivity index (χ1n) is 5.87. The molecule has 0 amide bonds. The molecule has 0 saturated heterocycles. The van der Waals surface area contributed by atoms with Crippen LogP contribution in [-0.4, -0.2) is 46.6 Å². The molecule has 1 heterocycles. The molecule has 2 N–H and O–H groups in total. The molecule has 0 spiro atoms. The molecule has 0 atom stereocenters. The summed E-state index contributed by atoms with van der Waals surface area (Å²) in [6.07, 6.45) is 6.11. The van der Waals surface area contributed by atoms with Gasteiger partial charge in [-0.25, -0.2) is 0 Å². The molecule has 0 aliphatic carbocycles. The number of nitrogens with zero attached hydrogens (tertiary/aromatic N) is 2. The molecule has 1 aromatic heterocycles. The lowest BCUT2D eigenvalue weighted by atomic mass is 10.3. The van der Waals surface area contributed by atoms with Crippen molar-refractivity contribution in [3.63, 3.8) is 0 Å². The molecule has 17 heavy (non-hydrogen) atoms. The number of aliphatic hydroxyl groups is 1. The lowest BCUT2D eigenvalue weighted by Gasteiger charge is -2.03. The SMILES string of the molecule is OCCOCCn1cc(NCCCCBr)cn1. The van der Waals surface area contributed by atoms with Crippen molar-refractivity contribution in [2.24, 2.45) is 0 Å². The molecule has 0 radical (unpaired) electrons. The highest BCUT2D eigenvalue weighted by atomic mass is 79.9. The third-order valence-corrected chi connectivity index (χ3v) is 2.78. The number of aromatic nitrogens is 2. The number of hydrogen-bond donors (Lipinski definition) is 2. The van der Waals surface area contributed by atoms with Crippen molar-refractivity contribution >= 4 is 21.6 Å². The van der Waals surface area contributed by atoms with Crippen LogP contribution < -0.4 is 5.32 Å². The predicted molar refractivity (Wildman–Crippen MR) is 71.6 cm³/mol. The highest BCUT2D eigenvalue weighted by molar-refractivity contribution is 9.09. The van der Waals surface area contributed by atoms with E-state index < -0.39 is 0 Å². The zero-order valence-corrected chi connectivity index (χ0v) is 11.5. The fraction of sp³-hybridized carbons (Fsp3) is 0.727. The number of rotatable bonds is 10. The van der Waals surface area contributed by atoms with E-state index in [-0.39, 0.29) is 6.61 Å². The highest BCUT2D eigenvalue weighted by Gasteiger charge is 1.97. The van der Waals surface area contributed by atoms with Gasteiger partial charge in [0, 0.05) is 18.1 Å². The van der Waals surface area contributed by atoms with Crippen LogP contribution >= 0.6 is 15.9 Å². The molecule has 6 heteroatoms. The van der Waals surface area contributed by atoms with Crippen LogP contribution in [0.1, 0.15) is 12.8 Å². The van der Waals surface area contributed by atoms with Crippen molar-refractivity contribution < 1.29 is 9.84 Å². The Balaban J connectivity index is 2.14. The zero-order chi connectivity index (χ0) is 12.3. The summed E-state index contributed by atoms with van der Waals surface area (Å²) >= 11 is 3.41. The number of aliphatic hydroxyl groups excluding tert-OH is 1. The van der Waals surface area contributed by atoms with Crippen molar-refractivity contribution in [1.82, 2.24) is 9.78 Å². The average molecular weight is 306 g/mol. The number of ether oxygens (including phenoxy) is 1. The van der Waals surface area contributed by atoms with Gasteiger partial charge in [0.1, 0.15) is 0 Å². The maximum Gasteiger partial charge on any atom is 0.0726 e. The number of nitrogens with one attached hydrogen (secondary N) is 1. The fourth-order valence-electron chi connectivity index (χ4n) is 1.35. The molecule has 98 valence electrons. The summed E-state index contributed by atoms with van der Waals surface area (Å²) in [6.45, 7) is 2.71. The van der Waals surface area contributed by atoms with Gasteiger partial charge in [-0.15, -0.1) is 0 Å². The van der Waals surface area contributed by atoms with Crippen LogP contribution in [0.2, 0.25) is 0 Å². The first-order valence-corrected chi connectivity index (χ1v) is 7.00. The Morgan fingerprint density at radius 2 is 2.29 bits per heavy atom. The zero-order valence-electron chi connectivity index (χ0n) is 9.94. The van der Waals surface area contributed by atoms with Crippen LogP contribution in [0.25, 0.3) is 0 Å². The first-order chi connectivity index (χ1) is 8.36. The van der Waals surface area contributed by atoms with Gasteiger partial charge in [0.25, 0.3) is 0 Å². The molecule has 0 aliphatic heterocycles. The lowest BCUT2D eigenvalue weighted by molar-refractivity contribution is 0.0854. The summed E-state index contributed by atoms with van der Waals surface area (Å²) in [7, 11) is 0. The third-order valence-electron chi connectivity index (χ3n) is 2.22. The quantitative estimate of drug-likeness (QED) is 0.508. The second-order valence-corrected chi connectivity index (χ2v) is 4.44. The molecule has 0 saturated carbocycles. The van der Waals surface area contributed by atoms with Crippen LogP contribution in [-0.2, 0) is 11.3 Å². The second kappa shape index (κ2) is 9.44. The number of halogens is 1. The van der Waals surface area contributed by atoms with Gasteiger partial charge in [-0.1, -0.05) is 15.9 Å². The number of hydrogen-bond acceptors (Lipinski definition) is 4. The van der Waals surface area contributed by atoms with Crippen LogP contribution in [0, 0.1) is 0 Å². The topological polar surface area (TPSA) is 59.3 Å². The monoisotopic (exact) mass is 305 g/mol. The Hall–Kier alpha value is -0.590. The fourth-order valence-corrected chi connectivity index (χ4v) is 1.75. The Kier molecular flexibility index (Phi) is 8.04. The molecule has 1 rings (SSSR count). The van der Waals surface area contributed by atoms with Gasteiger partial charge in [-0.05, 0) is 12.8 Å². The Morgan fingerprint density at radius 3 is 3.06 bits per heavy atom. The highest BCUT2D eigenvalue weighted by Crippen LogP contribution is 2.05. The number of unbranched alkanes of at least 4 members (excludes halogenated alkanes) is 1. The third kappa shape index (κ3) is 6.65. The molecular weight excluding hydrogens is 286 g/mol. The van der Waals surface area contributed by atoms with Gasteiger partial charge in [0.15, 0.2) is 0 Å². The Bertz CT molecular complexity index is 267. The van der Waals surface area contributed by atoms with Crippen LogP contribution in [0.5, 0.6) is 0 Å². The minimum atomic E-state index is 0.0689. The number of anilines is 1. The summed E-state index contributed by atoms with van der Waals surface area (Å²) < 4.78 is 7.01. The van der Waals surface area contributed by atoms with Gasteiger partial charge < -0.3 is 15.2 Å². The molecule has 0 bridgehead atoms. The van der Waals surface area contributed by atoms with E-state index in [9.17, 15) is 0 Å². The molecule has 0 aliphatic rings. The van der Waals surface area contributed by atoms with Crippen molar-refractivity contribution in [1.29, 1.82) is 0 Å². The molecule has 1 aromatic rings. The molecule has 0 unspecified atom stereocenters. The molecular formula is C11H20BrN3O2. The van der Waals surface area contributed by atoms with E-state index in [2.05, 4.69) is 26.3 Å². The maximum absolute atomic E-state index is 8.55. The standard InChI is InChI=1S/C11H20BrN3O2/c12-3-1-2-4-13-11-9-14-15(10-11)5-7-17-8-6-16/h9-10,13,16H,1-8H2. The summed E-state index contributed by atoms with van der Waals surface area (Å²) in [4.78, 5) is 0.